The molecule has 17 heavy (non-hydrogen) atoms. The molecule has 1 aliphatic heterocycles. The highest BCUT2D eigenvalue weighted by molar-refractivity contribution is 5.67. The van der Waals surface area contributed by atoms with Crippen LogP contribution in [-0.4, -0.2) is 22.4 Å². The second kappa shape index (κ2) is 4.98. The zero-order valence-corrected chi connectivity index (χ0v) is 11.2. The van der Waals surface area contributed by atoms with E-state index in [9.17, 15) is 0 Å². The first kappa shape index (κ1) is 12.3. The molecule has 4 nitrogen and oxygen atoms in total. The first-order valence-corrected chi connectivity index (χ1v) is 6.78. The summed E-state index contributed by atoms with van der Waals surface area (Å²) in [6, 6.07) is 0.643. The lowest BCUT2D eigenvalue weighted by molar-refractivity contribution is 0.568. The molecule has 1 aromatic heterocycles. The first-order valence-electron chi connectivity index (χ1n) is 6.78. The lowest BCUT2D eigenvalue weighted by atomic mass is 10.2. The Balaban J connectivity index is 2.35. The van der Waals surface area contributed by atoms with Gasteiger partial charge in [0.15, 0.2) is 5.82 Å². The Hall–Kier alpha value is -1.19. The van der Waals surface area contributed by atoms with E-state index < -0.39 is 0 Å². The van der Waals surface area contributed by atoms with E-state index >= 15 is 0 Å². The molecule has 0 aromatic carbocycles. The van der Waals surface area contributed by atoms with Crippen LogP contribution in [0, 0.1) is 6.92 Å². The standard InChI is InChI=1S/C13H24N4/c1-4-8-17-13(12(14)10(3)15-17)16-9-6-7-11(16)5-2/h11H,4-9,14H2,1-3H3. The molecule has 4 heteroatoms. The highest BCUT2D eigenvalue weighted by Crippen LogP contribution is 2.33. The fraction of sp³-hybridized carbons (Fsp3) is 0.769. The van der Waals surface area contributed by atoms with Gasteiger partial charge in [-0.25, -0.2) is 4.68 Å². The van der Waals surface area contributed by atoms with E-state index in [1.54, 1.807) is 0 Å². The zero-order valence-electron chi connectivity index (χ0n) is 11.2. The van der Waals surface area contributed by atoms with Gasteiger partial charge in [0.2, 0.25) is 0 Å². The average Bonchev–Trinajstić information content (AvgIpc) is 2.86. The van der Waals surface area contributed by atoms with Gasteiger partial charge in [0.1, 0.15) is 0 Å². The van der Waals surface area contributed by atoms with Crippen molar-refractivity contribution in [3.8, 4) is 0 Å². The third-order valence-electron chi connectivity index (χ3n) is 3.70. The third-order valence-corrected chi connectivity index (χ3v) is 3.70. The Morgan fingerprint density at radius 2 is 2.18 bits per heavy atom. The molecule has 1 aliphatic rings. The summed E-state index contributed by atoms with van der Waals surface area (Å²) >= 11 is 0. The van der Waals surface area contributed by atoms with Crippen molar-refractivity contribution in [2.24, 2.45) is 0 Å². The minimum absolute atomic E-state index is 0.643. The summed E-state index contributed by atoms with van der Waals surface area (Å²) in [7, 11) is 0. The molecule has 96 valence electrons. The van der Waals surface area contributed by atoms with E-state index in [0.29, 0.717) is 6.04 Å². The Morgan fingerprint density at radius 3 is 2.82 bits per heavy atom. The highest BCUT2D eigenvalue weighted by Gasteiger charge is 2.28. The number of nitrogen functional groups attached to an aromatic ring is 1. The predicted octanol–water partition coefficient (Wildman–Crippen LogP) is 2.56. The average molecular weight is 236 g/mol. The van der Waals surface area contributed by atoms with Crippen molar-refractivity contribution >= 4 is 11.5 Å². The summed E-state index contributed by atoms with van der Waals surface area (Å²) in [6.45, 7) is 8.52. The van der Waals surface area contributed by atoms with Crippen LogP contribution in [0.3, 0.4) is 0 Å². The highest BCUT2D eigenvalue weighted by atomic mass is 15.4. The number of rotatable bonds is 4. The van der Waals surface area contributed by atoms with Crippen molar-refractivity contribution in [2.45, 2.75) is 59.0 Å². The van der Waals surface area contributed by atoms with Crippen molar-refractivity contribution in [2.75, 3.05) is 17.2 Å². The van der Waals surface area contributed by atoms with E-state index in [0.717, 1.165) is 36.7 Å². The Kier molecular flexibility index (Phi) is 3.60. The number of hydrogen-bond donors (Lipinski definition) is 1. The molecule has 0 saturated carbocycles. The van der Waals surface area contributed by atoms with Gasteiger partial charge in [0.25, 0.3) is 0 Å². The number of nitrogens with zero attached hydrogens (tertiary/aromatic N) is 3. The van der Waals surface area contributed by atoms with Gasteiger partial charge < -0.3 is 10.6 Å². The predicted molar refractivity (Wildman–Crippen MR) is 72.3 cm³/mol. The maximum absolute atomic E-state index is 6.21. The topological polar surface area (TPSA) is 47.1 Å². The fourth-order valence-corrected chi connectivity index (χ4v) is 2.79. The second-order valence-corrected chi connectivity index (χ2v) is 4.94. The van der Waals surface area contributed by atoms with Gasteiger partial charge in [-0.05, 0) is 32.6 Å². The molecular formula is C13H24N4. The van der Waals surface area contributed by atoms with Crippen molar-refractivity contribution in [3.63, 3.8) is 0 Å². The molecule has 0 aliphatic carbocycles. The van der Waals surface area contributed by atoms with E-state index in [4.69, 9.17) is 5.73 Å². The molecule has 2 rings (SSSR count). The Bertz CT molecular complexity index is 383. The molecule has 2 N–H and O–H groups in total. The molecule has 1 saturated heterocycles. The van der Waals surface area contributed by atoms with Gasteiger partial charge in [-0.15, -0.1) is 0 Å². The summed E-state index contributed by atoms with van der Waals surface area (Å²) in [4.78, 5) is 2.46. The van der Waals surface area contributed by atoms with E-state index in [-0.39, 0.29) is 0 Å². The summed E-state index contributed by atoms with van der Waals surface area (Å²) in [5, 5.41) is 4.56. The number of nitrogens with two attached hydrogens (primary N) is 1. The minimum atomic E-state index is 0.643. The summed E-state index contributed by atoms with van der Waals surface area (Å²) in [5.74, 6) is 1.16. The van der Waals surface area contributed by atoms with E-state index in [1.807, 2.05) is 6.92 Å². The van der Waals surface area contributed by atoms with Crippen LogP contribution in [0.2, 0.25) is 0 Å². The molecule has 1 unspecified atom stereocenters. The van der Waals surface area contributed by atoms with Crippen molar-refractivity contribution in [1.82, 2.24) is 9.78 Å². The molecule has 0 bridgehead atoms. The van der Waals surface area contributed by atoms with Crippen molar-refractivity contribution in [3.05, 3.63) is 5.69 Å². The molecule has 0 amide bonds. The molecule has 0 spiro atoms. The van der Waals surface area contributed by atoms with Crippen LogP contribution < -0.4 is 10.6 Å². The largest absolute Gasteiger partial charge is 0.394 e. The minimum Gasteiger partial charge on any atom is -0.394 e. The van der Waals surface area contributed by atoms with Crippen LogP contribution in [0.1, 0.15) is 45.2 Å². The van der Waals surface area contributed by atoms with Crippen LogP contribution in [0.25, 0.3) is 0 Å². The molecule has 1 aromatic rings. The molecule has 2 heterocycles. The maximum Gasteiger partial charge on any atom is 0.150 e. The van der Waals surface area contributed by atoms with Gasteiger partial charge in [0.05, 0.1) is 11.4 Å². The summed E-state index contributed by atoms with van der Waals surface area (Å²) < 4.78 is 2.10. The molecule has 1 fully saturated rings. The summed E-state index contributed by atoms with van der Waals surface area (Å²) in [5.41, 5.74) is 8.05. The fourth-order valence-electron chi connectivity index (χ4n) is 2.79. The number of hydrogen-bond acceptors (Lipinski definition) is 3. The summed E-state index contributed by atoms with van der Waals surface area (Å²) in [6.07, 6.45) is 4.84. The van der Waals surface area contributed by atoms with Crippen LogP contribution in [0.5, 0.6) is 0 Å². The molecule has 0 radical (unpaired) electrons. The van der Waals surface area contributed by atoms with E-state index in [1.165, 1.54) is 19.3 Å². The molecular weight excluding hydrogens is 212 g/mol. The van der Waals surface area contributed by atoms with Crippen molar-refractivity contribution in [1.29, 1.82) is 0 Å². The van der Waals surface area contributed by atoms with Crippen LogP contribution in [0.4, 0.5) is 11.5 Å². The normalized spacial score (nSPS) is 20.2. The lowest BCUT2D eigenvalue weighted by Gasteiger charge is -2.26. The number of anilines is 2. The van der Waals surface area contributed by atoms with Gasteiger partial charge in [0, 0.05) is 19.1 Å². The van der Waals surface area contributed by atoms with Gasteiger partial charge >= 0.3 is 0 Å². The number of aromatic nitrogens is 2. The lowest BCUT2D eigenvalue weighted by Crippen LogP contribution is -2.31. The second-order valence-electron chi connectivity index (χ2n) is 4.94. The van der Waals surface area contributed by atoms with Crippen LogP contribution in [0.15, 0.2) is 0 Å². The molecule has 1 atom stereocenters. The smallest absolute Gasteiger partial charge is 0.150 e. The van der Waals surface area contributed by atoms with Gasteiger partial charge in [-0.3, -0.25) is 0 Å². The van der Waals surface area contributed by atoms with Gasteiger partial charge in [-0.2, -0.15) is 5.10 Å². The number of aryl methyl sites for hydroxylation is 2. The Morgan fingerprint density at radius 1 is 1.41 bits per heavy atom. The van der Waals surface area contributed by atoms with Crippen LogP contribution >= 0.6 is 0 Å². The SMILES string of the molecule is CCCn1nc(C)c(N)c1N1CCCC1CC. The van der Waals surface area contributed by atoms with E-state index in [2.05, 4.69) is 28.5 Å². The maximum atomic E-state index is 6.21. The third kappa shape index (κ3) is 2.13. The van der Waals surface area contributed by atoms with Gasteiger partial charge in [-0.1, -0.05) is 13.8 Å². The zero-order chi connectivity index (χ0) is 12.4. The quantitative estimate of drug-likeness (QED) is 0.874. The van der Waals surface area contributed by atoms with Crippen LogP contribution in [-0.2, 0) is 6.54 Å². The first-order chi connectivity index (χ1) is 8.19. The monoisotopic (exact) mass is 236 g/mol. The van der Waals surface area contributed by atoms with Crippen molar-refractivity contribution < 1.29 is 0 Å². The Labute approximate surface area is 104 Å².